The predicted octanol–water partition coefficient (Wildman–Crippen LogP) is 3.31. The lowest BCUT2D eigenvalue weighted by atomic mass is 10.1. The van der Waals surface area contributed by atoms with Gasteiger partial charge >= 0.3 is 0 Å². The molecule has 0 bridgehead atoms. The maximum absolute atomic E-state index is 12.1. The Balaban J connectivity index is 2.42. The van der Waals surface area contributed by atoms with Crippen LogP contribution in [0.5, 0.6) is 23.0 Å². The zero-order chi connectivity index (χ0) is 16.8. The van der Waals surface area contributed by atoms with Crippen LogP contribution < -0.4 is 14.2 Å². The monoisotopic (exact) mass is 314 g/mol. The van der Waals surface area contributed by atoms with Gasteiger partial charge in [0.25, 0.3) is 0 Å². The molecule has 0 radical (unpaired) electrons. The summed E-state index contributed by atoms with van der Waals surface area (Å²) in [6.45, 7) is 0. The second-order valence-electron chi connectivity index (χ2n) is 4.64. The largest absolute Gasteiger partial charge is 0.504 e. The molecule has 0 spiro atoms. The predicted molar refractivity (Wildman–Crippen MR) is 87.6 cm³/mol. The molecule has 0 aromatic heterocycles. The molecule has 1 N–H and O–H groups in total. The zero-order valence-electron chi connectivity index (χ0n) is 13.2. The first kappa shape index (κ1) is 16.4. The van der Waals surface area contributed by atoms with Gasteiger partial charge in [-0.3, -0.25) is 4.79 Å². The van der Waals surface area contributed by atoms with Gasteiger partial charge in [-0.15, -0.1) is 0 Å². The van der Waals surface area contributed by atoms with Gasteiger partial charge in [0, 0.05) is 11.6 Å². The highest BCUT2D eigenvalue weighted by Crippen LogP contribution is 2.44. The SMILES string of the molecule is COc1cc(OC)c(OC)c(O)c1/C=C\C(=O)c1ccccc1. The summed E-state index contributed by atoms with van der Waals surface area (Å²) in [7, 11) is 4.36. The van der Waals surface area contributed by atoms with Gasteiger partial charge < -0.3 is 19.3 Å². The fourth-order valence-corrected chi connectivity index (χ4v) is 2.15. The van der Waals surface area contributed by atoms with Crippen LogP contribution in [0, 0.1) is 0 Å². The van der Waals surface area contributed by atoms with Gasteiger partial charge in [-0.2, -0.15) is 0 Å². The maximum atomic E-state index is 12.1. The van der Waals surface area contributed by atoms with Crippen molar-refractivity contribution in [3.8, 4) is 23.0 Å². The van der Waals surface area contributed by atoms with Crippen molar-refractivity contribution in [2.45, 2.75) is 0 Å². The van der Waals surface area contributed by atoms with E-state index in [1.807, 2.05) is 6.07 Å². The number of benzene rings is 2. The number of ketones is 1. The number of carbonyl (C=O) groups excluding carboxylic acids is 1. The Kier molecular flexibility index (Phi) is 5.25. The number of aromatic hydroxyl groups is 1. The van der Waals surface area contributed by atoms with Gasteiger partial charge in [-0.1, -0.05) is 30.3 Å². The summed E-state index contributed by atoms with van der Waals surface area (Å²) in [5.74, 6) is 0.563. The minimum Gasteiger partial charge on any atom is -0.504 e. The average Bonchev–Trinajstić information content (AvgIpc) is 2.60. The van der Waals surface area contributed by atoms with Crippen LogP contribution >= 0.6 is 0 Å². The van der Waals surface area contributed by atoms with E-state index < -0.39 is 0 Å². The molecule has 0 aliphatic heterocycles. The third-order valence-electron chi connectivity index (χ3n) is 3.33. The average molecular weight is 314 g/mol. The van der Waals surface area contributed by atoms with E-state index >= 15 is 0 Å². The lowest BCUT2D eigenvalue weighted by molar-refractivity contribution is 0.104. The molecule has 2 rings (SSSR count). The van der Waals surface area contributed by atoms with E-state index in [1.54, 1.807) is 30.3 Å². The molecule has 120 valence electrons. The molecule has 0 unspecified atom stereocenters. The molecule has 2 aromatic carbocycles. The van der Waals surface area contributed by atoms with Crippen molar-refractivity contribution in [3.05, 3.63) is 53.6 Å². The minimum atomic E-state index is -0.179. The van der Waals surface area contributed by atoms with Crippen LogP contribution in [-0.2, 0) is 0 Å². The summed E-state index contributed by atoms with van der Waals surface area (Å²) in [6, 6.07) is 10.4. The Hall–Kier alpha value is -2.95. The van der Waals surface area contributed by atoms with Gasteiger partial charge in [0.05, 0.1) is 26.9 Å². The fraction of sp³-hybridized carbons (Fsp3) is 0.167. The third kappa shape index (κ3) is 3.45. The Morgan fingerprint density at radius 2 is 1.65 bits per heavy atom. The van der Waals surface area contributed by atoms with E-state index in [0.29, 0.717) is 22.6 Å². The molecular weight excluding hydrogens is 296 g/mol. The third-order valence-corrected chi connectivity index (χ3v) is 3.33. The van der Waals surface area contributed by atoms with Crippen LogP contribution in [0.3, 0.4) is 0 Å². The van der Waals surface area contributed by atoms with Gasteiger partial charge in [-0.25, -0.2) is 0 Å². The van der Waals surface area contributed by atoms with Crippen molar-refractivity contribution in [1.29, 1.82) is 0 Å². The minimum absolute atomic E-state index is 0.152. The Morgan fingerprint density at radius 1 is 1.00 bits per heavy atom. The molecule has 0 fully saturated rings. The van der Waals surface area contributed by atoms with Crippen LogP contribution in [0.15, 0.2) is 42.5 Å². The molecule has 23 heavy (non-hydrogen) atoms. The summed E-state index contributed by atoms with van der Waals surface area (Å²) >= 11 is 0. The highest BCUT2D eigenvalue weighted by molar-refractivity contribution is 6.07. The number of allylic oxidation sites excluding steroid dienone is 1. The van der Waals surface area contributed by atoms with E-state index in [9.17, 15) is 9.90 Å². The molecule has 5 nitrogen and oxygen atoms in total. The summed E-state index contributed by atoms with van der Waals surface area (Å²) in [4.78, 5) is 12.1. The number of ether oxygens (including phenoxy) is 3. The van der Waals surface area contributed by atoms with Crippen molar-refractivity contribution in [2.75, 3.05) is 21.3 Å². The van der Waals surface area contributed by atoms with Gasteiger partial charge in [-0.05, 0) is 12.2 Å². The van der Waals surface area contributed by atoms with E-state index in [0.717, 1.165) is 0 Å². The van der Waals surface area contributed by atoms with Crippen LogP contribution in [-0.4, -0.2) is 32.2 Å². The molecule has 0 aliphatic rings. The Morgan fingerprint density at radius 3 is 2.22 bits per heavy atom. The molecular formula is C18H18O5. The van der Waals surface area contributed by atoms with Gasteiger partial charge in [0.2, 0.25) is 5.75 Å². The molecule has 0 saturated heterocycles. The van der Waals surface area contributed by atoms with Gasteiger partial charge in [0.15, 0.2) is 17.3 Å². The first-order chi connectivity index (χ1) is 11.1. The maximum Gasteiger partial charge on any atom is 0.203 e. The van der Waals surface area contributed by atoms with E-state index in [-0.39, 0.29) is 17.3 Å². The first-order valence-electron chi connectivity index (χ1n) is 6.91. The number of carbonyl (C=O) groups is 1. The van der Waals surface area contributed by atoms with Crippen molar-refractivity contribution in [2.24, 2.45) is 0 Å². The highest BCUT2D eigenvalue weighted by Gasteiger charge is 2.18. The normalized spacial score (nSPS) is 10.6. The molecule has 2 aromatic rings. The smallest absolute Gasteiger partial charge is 0.203 e. The number of phenols is 1. The van der Waals surface area contributed by atoms with Crippen molar-refractivity contribution in [3.63, 3.8) is 0 Å². The summed E-state index contributed by atoms with van der Waals surface area (Å²) in [6.07, 6.45) is 2.87. The van der Waals surface area contributed by atoms with Crippen LogP contribution in [0.1, 0.15) is 15.9 Å². The van der Waals surface area contributed by atoms with E-state index in [1.165, 1.54) is 33.5 Å². The zero-order valence-corrected chi connectivity index (χ0v) is 13.2. The summed E-state index contributed by atoms with van der Waals surface area (Å²) in [5, 5.41) is 10.3. The second kappa shape index (κ2) is 7.35. The second-order valence-corrected chi connectivity index (χ2v) is 4.64. The first-order valence-corrected chi connectivity index (χ1v) is 6.91. The van der Waals surface area contributed by atoms with Crippen molar-refractivity contribution < 1.29 is 24.1 Å². The highest BCUT2D eigenvalue weighted by atomic mass is 16.5. The number of rotatable bonds is 6. The Bertz CT molecular complexity index is 720. The molecule has 0 amide bonds. The van der Waals surface area contributed by atoms with Crippen LogP contribution in [0.25, 0.3) is 6.08 Å². The van der Waals surface area contributed by atoms with Crippen LogP contribution in [0.2, 0.25) is 0 Å². The molecule has 0 heterocycles. The summed E-state index contributed by atoms with van der Waals surface area (Å²) in [5.41, 5.74) is 0.900. The van der Waals surface area contributed by atoms with Gasteiger partial charge in [0.1, 0.15) is 5.75 Å². The number of phenolic OH excluding ortho intramolecular Hbond substituents is 1. The van der Waals surface area contributed by atoms with Crippen molar-refractivity contribution >= 4 is 11.9 Å². The molecule has 0 atom stereocenters. The number of hydrogen-bond donors (Lipinski definition) is 1. The molecule has 0 aliphatic carbocycles. The van der Waals surface area contributed by atoms with E-state index in [2.05, 4.69) is 0 Å². The van der Waals surface area contributed by atoms with E-state index in [4.69, 9.17) is 14.2 Å². The lowest BCUT2D eigenvalue weighted by Crippen LogP contribution is -1.97. The standard InChI is InChI=1S/C18H18O5/c1-21-15-11-16(22-2)18(23-3)17(20)13(15)9-10-14(19)12-7-5-4-6-8-12/h4-11,20H,1-3H3/b10-9-. The number of hydrogen-bond acceptors (Lipinski definition) is 5. The topological polar surface area (TPSA) is 65.0 Å². The summed E-state index contributed by atoms with van der Waals surface area (Å²) < 4.78 is 15.6. The lowest BCUT2D eigenvalue weighted by Gasteiger charge is -2.14. The quantitative estimate of drug-likeness (QED) is 0.654. The Labute approximate surface area is 134 Å². The van der Waals surface area contributed by atoms with Crippen molar-refractivity contribution in [1.82, 2.24) is 0 Å². The fourth-order valence-electron chi connectivity index (χ4n) is 2.15. The molecule has 5 heteroatoms. The molecule has 0 saturated carbocycles. The van der Waals surface area contributed by atoms with Crippen LogP contribution in [0.4, 0.5) is 0 Å². The number of methoxy groups -OCH3 is 3.